The van der Waals surface area contributed by atoms with Crippen molar-refractivity contribution in [2.24, 2.45) is 5.92 Å². The Morgan fingerprint density at radius 1 is 1.04 bits per heavy atom. The number of hydrogen-bond donors (Lipinski definition) is 2. The summed E-state index contributed by atoms with van der Waals surface area (Å²) in [5, 5.41) is 0. The summed E-state index contributed by atoms with van der Waals surface area (Å²) in [7, 11) is 0. The second kappa shape index (κ2) is 13.6. The summed E-state index contributed by atoms with van der Waals surface area (Å²) in [6, 6.07) is 6.00. The standard InChI is InChI=1S/C19H21N4.C2H6.2CH3.Y/c1-5-18-22-16-9-7-14(10-17(16)23-18)6-8-15-11-20-19(21-15)13(4)12(2)3;1-2;;;/h5,7,9-13H,1-4H3,(H,20,21)(H,22,23);1-2H3;2*1H3;/q-1;;2*-1;+3. The minimum atomic E-state index is 0. The van der Waals surface area contributed by atoms with E-state index in [1.165, 1.54) is 0 Å². The Labute approximate surface area is 196 Å². The quantitative estimate of drug-likeness (QED) is 0.380. The van der Waals surface area contributed by atoms with Crippen LogP contribution in [0.4, 0.5) is 0 Å². The first-order chi connectivity index (χ1) is 12.1. The summed E-state index contributed by atoms with van der Waals surface area (Å²) in [5.41, 5.74) is 3.76. The number of H-pyrrole nitrogens is 2. The van der Waals surface area contributed by atoms with Gasteiger partial charge in [-0.15, -0.1) is 0 Å². The molecule has 2 N–H and O–H groups in total. The molecule has 0 amide bonds. The van der Waals surface area contributed by atoms with Gasteiger partial charge in [-0.3, -0.25) is 4.98 Å². The zero-order valence-corrected chi connectivity index (χ0v) is 21.4. The Balaban J connectivity index is 0. The second-order valence-electron chi connectivity index (χ2n) is 6.11. The molecule has 0 spiro atoms. The van der Waals surface area contributed by atoms with E-state index in [9.17, 15) is 0 Å². The molecule has 0 bridgehead atoms. The summed E-state index contributed by atoms with van der Waals surface area (Å²) >= 11 is 0. The number of hydrogen-bond acceptors (Lipinski definition) is 2. The molecule has 0 aliphatic carbocycles. The molecule has 0 aliphatic rings. The topological polar surface area (TPSA) is 57.4 Å². The van der Waals surface area contributed by atoms with Crippen molar-refractivity contribution in [1.82, 2.24) is 19.9 Å². The maximum atomic E-state index is 4.45. The average molecular weight is 454 g/mol. The van der Waals surface area contributed by atoms with E-state index in [-0.39, 0.29) is 47.6 Å². The summed E-state index contributed by atoms with van der Waals surface area (Å²) in [6.45, 7) is 12.5. The first-order valence-electron chi connectivity index (χ1n) is 8.93. The van der Waals surface area contributed by atoms with Gasteiger partial charge in [-0.05, 0) is 35.9 Å². The normalized spacial score (nSPS) is 10.2. The Kier molecular flexibility index (Phi) is 13.9. The van der Waals surface area contributed by atoms with E-state index < -0.39 is 0 Å². The fraction of sp³-hybridized carbons (Fsp3) is 0.348. The molecule has 1 aromatic carbocycles. The van der Waals surface area contributed by atoms with E-state index in [1.54, 1.807) is 6.20 Å². The van der Waals surface area contributed by atoms with Gasteiger partial charge in [0.2, 0.25) is 0 Å². The van der Waals surface area contributed by atoms with E-state index in [1.807, 2.05) is 45.4 Å². The summed E-state index contributed by atoms with van der Waals surface area (Å²) in [6.07, 6.45) is 3.76. The molecule has 1 atom stereocenters. The summed E-state index contributed by atoms with van der Waals surface area (Å²) in [4.78, 5) is 15.5. The third kappa shape index (κ3) is 7.11. The van der Waals surface area contributed by atoms with Gasteiger partial charge in [0.25, 0.3) is 0 Å². The van der Waals surface area contributed by atoms with Gasteiger partial charge in [-0.2, -0.15) is 6.92 Å². The van der Waals surface area contributed by atoms with Gasteiger partial charge in [-0.1, -0.05) is 40.5 Å². The molecule has 0 saturated heterocycles. The third-order valence-corrected chi connectivity index (χ3v) is 4.14. The monoisotopic (exact) mass is 454 g/mol. The third-order valence-electron chi connectivity index (χ3n) is 4.14. The van der Waals surface area contributed by atoms with E-state index >= 15 is 0 Å². The molecule has 2 heterocycles. The first-order valence-corrected chi connectivity index (χ1v) is 8.93. The Hall–Kier alpha value is -1.57. The minimum Gasteiger partial charge on any atom is -0.368 e. The molecule has 0 aliphatic heterocycles. The number of nitrogens with zero attached hydrogens (tertiary/aromatic N) is 2. The van der Waals surface area contributed by atoms with Crippen molar-refractivity contribution in [3.05, 3.63) is 68.6 Å². The Morgan fingerprint density at radius 2 is 1.71 bits per heavy atom. The number of rotatable bonds is 3. The van der Waals surface area contributed by atoms with Gasteiger partial charge in [0.1, 0.15) is 11.5 Å². The van der Waals surface area contributed by atoms with Crippen LogP contribution in [0.1, 0.15) is 70.4 Å². The average Bonchev–Trinajstić information content (AvgIpc) is 3.26. The van der Waals surface area contributed by atoms with Gasteiger partial charge in [0.15, 0.2) is 0 Å². The van der Waals surface area contributed by atoms with E-state index in [2.05, 4.69) is 52.5 Å². The number of benzene rings is 1. The van der Waals surface area contributed by atoms with Crippen LogP contribution in [0, 0.1) is 39.0 Å². The van der Waals surface area contributed by atoms with Crippen LogP contribution < -0.4 is 0 Å². The van der Waals surface area contributed by atoms with Crippen LogP contribution in [0.25, 0.3) is 11.0 Å². The number of fused-ring (bicyclic) bond motifs is 1. The van der Waals surface area contributed by atoms with Crippen LogP contribution in [0.2, 0.25) is 0 Å². The van der Waals surface area contributed by atoms with Crippen LogP contribution >= 0.6 is 0 Å². The van der Waals surface area contributed by atoms with Crippen molar-refractivity contribution in [1.29, 1.82) is 0 Å². The van der Waals surface area contributed by atoms with Crippen molar-refractivity contribution >= 4 is 11.0 Å². The Bertz CT molecular complexity index is 881. The molecule has 2 aromatic heterocycles. The number of nitrogens with one attached hydrogen (secondary N) is 2. The minimum absolute atomic E-state index is 0. The fourth-order valence-electron chi connectivity index (χ4n) is 2.33. The SMILES string of the molecule is CC.C[CH-]c1nc2ccc(C#Cc3cnc(C(C)C(C)C)[nH]3)cc2[nH]1.[CH3-].[CH3-].[Y+3]. The molecule has 0 saturated carbocycles. The first kappa shape index (κ1) is 28.6. The van der Waals surface area contributed by atoms with E-state index in [0.717, 1.165) is 33.9 Å². The molecule has 3 rings (SSSR count). The predicted molar refractivity (Wildman–Crippen MR) is 117 cm³/mol. The van der Waals surface area contributed by atoms with Gasteiger partial charge >= 0.3 is 32.7 Å². The van der Waals surface area contributed by atoms with Gasteiger partial charge in [0, 0.05) is 11.5 Å². The summed E-state index contributed by atoms with van der Waals surface area (Å²) < 4.78 is 0. The molecule has 148 valence electrons. The van der Waals surface area contributed by atoms with Crippen molar-refractivity contribution in [2.45, 2.75) is 47.5 Å². The number of imidazole rings is 2. The predicted octanol–water partition coefficient (Wildman–Crippen LogP) is 5.94. The van der Waals surface area contributed by atoms with Gasteiger partial charge < -0.3 is 31.2 Å². The zero-order chi connectivity index (χ0) is 18.4. The van der Waals surface area contributed by atoms with E-state index in [0.29, 0.717) is 11.8 Å². The zero-order valence-electron chi connectivity index (χ0n) is 18.5. The number of aromatic nitrogens is 4. The molecule has 3 aromatic rings. The maximum absolute atomic E-state index is 4.45. The molecule has 28 heavy (non-hydrogen) atoms. The molecule has 5 heteroatoms. The van der Waals surface area contributed by atoms with Gasteiger partial charge in [0.05, 0.1) is 17.2 Å². The molecule has 0 fully saturated rings. The molecular formula is C23H33N4Y. The van der Waals surface area contributed by atoms with Crippen LogP contribution in [0.3, 0.4) is 0 Å². The molecule has 4 nitrogen and oxygen atoms in total. The second-order valence-corrected chi connectivity index (χ2v) is 6.11. The van der Waals surface area contributed by atoms with Crippen molar-refractivity contribution < 1.29 is 32.7 Å². The van der Waals surface area contributed by atoms with Crippen LogP contribution in [-0.2, 0) is 32.7 Å². The van der Waals surface area contributed by atoms with Crippen molar-refractivity contribution in [2.75, 3.05) is 0 Å². The number of aromatic amines is 2. The summed E-state index contributed by atoms with van der Waals surface area (Å²) in [5.74, 6) is 9.16. The largest absolute Gasteiger partial charge is 3.00 e. The molecule has 1 unspecified atom stereocenters. The Morgan fingerprint density at radius 3 is 2.32 bits per heavy atom. The van der Waals surface area contributed by atoms with Crippen molar-refractivity contribution in [3.63, 3.8) is 0 Å². The van der Waals surface area contributed by atoms with Gasteiger partial charge in [-0.25, -0.2) is 4.98 Å². The van der Waals surface area contributed by atoms with Crippen LogP contribution in [0.5, 0.6) is 0 Å². The smallest absolute Gasteiger partial charge is 0.368 e. The van der Waals surface area contributed by atoms with Crippen LogP contribution in [0.15, 0.2) is 24.4 Å². The fourth-order valence-corrected chi connectivity index (χ4v) is 2.33. The maximum Gasteiger partial charge on any atom is 3.00 e. The van der Waals surface area contributed by atoms with Crippen LogP contribution in [-0.4, -0.2) is 19.9 Å². The molecular weight excluding hydrogens is 421 g/mol. The van der Waals surface area contributed by atoms with Crippen molar-refractivity contribution in [3.8, 4) is 11.8 Å². The van der Waals surface area contributed by atoms with E-state index in [4.69, 9.17) is 0 Å². The molecule has 0 radical (unpaired) electrons.